The zero-order valence-corrected chi connectivity index (χ0v) is 24.0. The van der Waals surface area contributed by atoms with Crippen molar-refractivity contribution in [1.82, 2.24) is 9.80 Å². The molecule has 4 aromatic rings. The highest BCUT2D eigenvalue weighted by molar-refractivity contribution is 7.53. The molecule has 41 heavy (non-hydrogen) atoms. The Bertz CT molecular complexity index is 1510. The number of benzene rings is 4. The van der Waals surface area contributed by atoms with Crippen molar-refractivity contribution >= 4 is 13.6 Å². The Balaban J connectivity index is 1.36. The molecule has 1 N–H and O–H groups in total. The Labute approximate surface area is 241 Å². The van der Waals surface area contributed by atoms with Crippen LogP contribution in [0.3, 0.4) is 0 Å². The van der Waals surface area contributed by atoms with Crippen molar-refractivity contribution in [2.45, 2.75) is 31.8 Å². The third-order valence-corrected chi connectivity index (χ3v) is 8.99. The molecule has 1 fully saturated rings. The lowest BCUT2D eigenvalue weighted by atomic mass is 9.87. The monoisotopic (exact) mass is 567 g/mol. The number of hydrogen-bond acceptors (Lipinski definition) is 5. The molecule has 1 atom stereocenters. The minimum Gasteiger partial charge on any atom is -0.508 e. The normalized spacial score (nSPS) is 18.3. The van der Waals surface area contributed by atoms with Crippen molar-refractivity contribution in [2.75, 3.05) is 20.1 Å². The summed E-state index contributed by atoms with van der Waals surface area (Å²) >= 11 is 0. The van der Waals surface area contributed by atoms with Gasteiger partial charge in [0.15, 0.2) is 0 Å². The summed E-state index contributed by atoms with van der Waals surface area (Å²) in [6.45, 7) is 3.24. The van der Waals surface area contributed by atoms with Crippen LogP contribution in [0.25, 0.3) is 0 Å². The van der Waals surface area contributed by atoms with E-state index in [4.69, 9.17) is 13.8 Å². The fraction of sp³-hybridized carbons (Fsp3) is 0.242. The van der Waals surface area contributed by atoms with Gasteiger partial charge in [-0.2, -0.15) is 0 Å². The summed E-state index contributed by atoms with van der Waals surface area (Å²) in [5.41, 5.74) is 4.31. The molecule has 2 aliphatic rings. The van der Waals surface area contributed by atoms with Gasteiger partial charge in [0.05, 0.1) is 6.04 Å². The second-order valence-electron chi connectivity index (χ2n) is 10.6. The summed E-state index contributed by atoms with van der Waals surface area (Å²) in [6.07, 6.45) is 2.94. The van der Waals surface area contributed by atoms with Crippen LogP contribution < -0.4 is 9.05 Å². The van der Waals surface area contributed by atoms with Crippen molar-refractivity contribution in [2.24, 2.45) is 4.76 Å². The molecule has 2 aliphatic heterocycles. The van der Waals surface area contributed by atoms with Crippen LogP contribution in [0.4, 0.5) is 0 Å². The van der Waals surface area contributed by atoms with Gasteiger partial charge in [0, 0.05) is 20.0 Å². The van der Waals surface area contributed by atoms with Crippen LogP contribution in [0, 0.1) is 0 Å². The summed E-state index contributed by atoms with van der Waals surface area (Å²) in [5.74, 6) is 1.60. The quantitative estimate of drug-likeness (QED) is 0.227. The molecule has 4 aromatic carbocycles. The number of para-hydroxylation sites is 2. The predicted octanol–water partition coefficient (Wildman–Crippen LogP) is 7.23. The van der Waals surface area contributed by atoms with Gasteiger partial charge >= 0.3 is 7.75 Å². The van der Waals surface area contributed by atoms with E-state index in [1.165, 1.54) is 18.4 Å². The highest BCUT2D eigenvalue weighted by Crippen LogP contribution is 2.51. The maximum Gasteiger partial charge on any atom is 0.564 e. The van der Waals surface area contributed by atoms with Gasteiger partial charge in [-0.15, -0.1) is 4.76 Å². The first-order chi connectivity index (χ1) is 20.0. The molecule has 210 valence electrons. The lowest BCUT2D eigenvalue weighted by Gasteiger charge is -2.37. The SMILES string of the molecule is CN1/C(=N\P(=O)(Oc2ccccc2)Oc2ccccc2)Cc2ccc(O)cc2C1c1ccc(CN2CCCC2)cc1. The minimum absolute atomic E-state index is 0.207. The van der Waals surface area contributed by atoms with Gasteiger partial charge in [0.2, 0.25) is 0 Å². The molecular weight excluding hydrogens is 533 g/mol. The molecular formula is C33H34N3O4P. The third-order valence-electron chi connectivity index (χ3n) is 7.63. The van der Waals surface area contributed by atoms with Crippen molar-refractivity contribution in [3.8, 4) is 17.2 Å². The van der Waals surface area contributed by atoms with Gasteiger partial charge in [-0.3, -0.25) is 4.90 Å². The molecule has 0 amide bonds. The fourth-order valence-electron chi connectivity index (χ4n) is 5.59. The van der Waals surface area contributed by atoms with Crippen LogP contribution in [-0.2, 0) is 17.5 Å². The molecule has 0 bridgehead atoms. The fourth-order valence-corrected chi connectivity index (χ4v) is 6.98. The molecule has 0 aliphatic carbocycles. The van der Waals surface area contributed by atoms with Gasteiger partial charge in [-0.1, -0.05) is 66.7 Å². The van der Waals surface area contributed by atoms with Gasteiger partial charge < -0.3 is 19.1 Å². The smallest absolute Gasteiger partial charge is 0.508 e. The number of likely N-dealkylation sites (tertiary alicyclic amines) is 1. The molecule has 7 nitrogen and oxygen atoms in total. The Morgan fingerprint density at radius 2 is 1.46 bits per heavy atom. The standard InChI is InChI=1S/C33H34N3O4P/c1-35-32(34-41(38,39-29-10-4-2-5-11-29)40-30-12-6-3-7-13-30)22-27-18-19-28(37)23-31(27)33(35)26-16-14-25(15-17-26)24-36-20-8-9-21-36/h2-7,10-19,23,33,37H,8-9,20-22,24H2,1H3/b34-32-. The van der Waals surface area contributed by atoms with E-state index in [0.29, 0.717) is 23.8 Å². The van der Waals surface area contributed by atoms with E-state index in [9.17, 15) is 9.67 Å². The number of amidine groups is 1. The average molecular weight is 568 g/mol. The van der Waals surface area contributed by atoms with Crippen LogP contribution in [0.1, 0.15) is 41.1 Å². The highest BCUT2D eigenvalue weighted by atomic mass is 31.2. The summed E-state index contributed by atoms with van der Waals surface area (Å²) in [5, 5.41) is 10.4. The van der Waals surface area contributed by atoms with E-state index >= 15 is 0 Å². The molecule has 2 heterocycles. The minimum atomic E-state index is -4.04. The van der Waals surface area contributed by atoms with E-state index in [1.807, 2.05) is 60.5 Å². The zero-order valence-electron chi connectivity index (χ0n) is 23.1. The highest BCUT2D eigenvalue weighted by Gasteiger charge is 2.35. The van der Waals surface area contributed by atoms with E-state index in [1.54, 1.807) is 30.3 Å². The van der Waals surface area contributed by atoms with Gasteiger partial charge in [0.1, 0.15) is 23.1 Å². The zero-order chi connectivity index (χ0) is 28.2. The summed E-state index contributed by atoms with van der Waals surface area (Å²) < 4.78 is 30.9. The molecule has 1 saturated heterocycles. The topological polar surface area (TPSA) is 74.6 Å². The number of rotatable bonds is 8. The number of phenolic OH excluding ortho intramolecular Hbond substituents is 1. The molecule has 0 radical (unpaired) electrons. The van der Waals surface area contributed by atoms with Crippen molar-refractivity contribution in [1.29, 1.82) is 0 Å². The van der Waals surface area contributed by atoms with Gasteiger partial charge in [0.25, 0.3) is 0 Å². The lowest BCUT2D eigenvalue weighted by Crippen LogP contribution is -2.38. The van der Waals surface area contributed by atoms with Crippen LogP contribution >= 0.6 is 7.75 Å². The van der Waals surface area contributed by atoms with Crippen LogP contribution in [0.2, 0.25) is 0 Å². The van der Waals surface area contributed by atoms with Crippen molar-refractivity contribution < 1.29 is 18.7 Å². The molecule has 0 aromatic heterocycles. The number of fused-ring (bicyclic) bond motifs is 1. The molecule has 1 unspecified atom stereocenters. The second-order valence-corrected chi connectivity index (χ2v) is 12.1. The maximum absolute atomic E-state index is 14.3. The summed E-state index contributed by atoms with van der Waals surface area (Å²) in [7, 11) is -2.11. The third kappa shape index (κ3) is 6.32. The van der Waals surface area contributed by atoms with Gasteiger partial charge in [-0.25, -0.2) is 4.57 Å². The van der Waals surface area contributed by atoms with E-state index < -0.39 is 7.75 Å². The van der Waals surface area contributed by atoms with E-state index in [2.05, 4.69) is 29.2 Å². The Morgan fingerprint density at radius 3 is 2.07 bits per heavy atom. The number of nitrogens with zero attached hydrogens (tertiary/aromatic N) is 3. The average Bonchev–Trinajstić information content (AvgIpc) is 3.48. The van der Waals surface area contributed by atoms with E-state index in [0.717, 1.165) is 36.3 Å². The van der Waals surface area contributed by atoms with Crippen LogP contribution in [-0.4, -0.2) is 40.9 Å². The Hall–Kier alpha value is -4.06. The molecule has 0 saturated carbocycles. The van der Waals surface area contributed by atoms with Crippen molar-refractivity contribution in [3.05, 3.63) is 125 Å². The van der Waals surface area contributed by atoms with Crippen LogP contribution in [0.15, 0.2) is 108 Å². The Kier molecular flexibility index (Phi) is 7.82. The van der Waals surface area contributed by atoms with Gasteiger partial charge in [-0.05, 0) is 84.6 Å². The predicted molar refractivity (Wildman–Crippen MR) is 162 cm³/mol. The summed E-state index contributed by atoms with van der Waals surface area (Å²) in [4.78, 5) is 4.49. The molecule has 8 heteroatoms. The number of phenols is 1. The molecule has 6 rings (SSSR count). The first-order valence-corrected chi connectivity index (χ1v) is 15.5. The first-order valence-electron chi connectivity index (χ1n) is 14.0. The number of hydrogen-bond donors (Lipinski definition) is 1. The summed E-state index contributed by atoms with van der Waals surface area (Å²) in [6, 6.07) is 31.7. The largest absolute Gasteiger partial charge is 0.564 e. The first kappa shape index (κ1) is 27.1. The number of aromatic hydroxyl groups is 1. The van der Waals surface area contributed by atoms with Crippen LogP contribution in [0.5, 0.6) is 17.2 Å². The Morgan fingerprint density at radius 1 is 0.854 bits per heavy atom. The maximum atomic E-state index is 14.3. The van der Waals surface area contributed by atoms with E-state index in [-0.39, 0.29) is 11.8 Å². The van der Waals surface area contributed by atoms with Crippen molar-refractivity contribution in [3.63, 3.8) is 0 Å². The lowest BCUT2D eigenvalue weighted by molar-refractivity contribution is 0.331. The molecule has 0 spiro atoms. The number of likely N-dealkylation sites (N-methyl/N-ethyl adjacent to an activating group) is 1. The second kappa shape index (κ2) is 11.8.